The summed E-state index contributed by atoms with van der Waals surface area (Å²) in [4.78, 5) is 0. The van der Waals surface area contributed by atoms with Crippen molar-refractivity contribution >= 4 is 0 Å². The van der Waals surface area contributed by atoms with Crippen LogP contribution in [0.4, 0.5) is 0 Å². The zero-order valence-electron chi connectivity index (χ0n) is 9.17. The van der Waals surface area contributed by atoms with Crippen molar-refractivity contribution in [2.75, 3.05) is 6.61 Å². The highest BCUT2D eigenvalue weighted by Crippen LogP contribution is 2.92. The van der Waals surface area contributed by atoms with Gasteiger partial charge in [0.25, 0.3) is 0 Å². The van der Waals surface area contributed by atoms with Crippen LogP contribution >= 0.6 is 0 Å². The largest absolute Gasteiger partial charge is 0.373 e. The van der Waals surface area contributed by atoms with Crippen molar-refractivity contribution in [1.29, 1.82) is 0 Å². The lowest BCUT2D eigenvalue weighted by Gasteiger charge is -2.34. The van der Waals surface area contributed by atoms with Gasteiger partial charge in [0.15, 0.2) is 0 Å². The first-order valence-electron chi connectivity index (χ1n) is 6.70. The predicted molar refractivity (Wildman–Crippen MR) is 57.4 cm³/mol. The smallest absolute Gasteiger partial charge is 0.0909 e. The van der Waals surface area contributed by atoms with Gasteiger partial charge in [-0.1, -0.05) is 25.0 Å². The average Bonchev–Trinajstić information content (AvgIpc) is 2.56. The van der Waals surface area contributed by atoms with Crippen LogP contribution in [0.1, 0.15) is 38.5 Å². The Balaban J connectivity index is 1.78. The summed E-state index contributed by atoms with van der Waals surface area (Å²) in [5, 5.41) is 0. The highest BCUT2D eigenvalue weighted by molar-refractivity contribution is 5.51. The second-order valence-electron chi connectivity index (χ2n) is 6.48. The minimum atomic E-state index is 0.333. The summed E-state index contributed by atoms with van der Waals surface area (Å²) in [6, 6.07) is 0. The fourth-order valence-electron chi connectivity index (χ4n) is 6.36. The van der Waals surface area contributed by atoms with Crippen molar-refractivity contribution in [2.24, 2.45) is 22.7 Å². The van der Waals surface area contributed by atoms with Gasteiger partial charge < -0.3 is 4.74 Å². The number of ether oxygens (including phenoxy) is 1. The van der Waals surface area contributed by atoms with Crippen LogP contribution in [-0.4, -0.2) is 12.2 Å². The van der Waals surface area contributed by atoms with Crippen LogP contribution in [0.5, 0.6) is 0 Å². The molecule has 0 radical (unpaired) electrons. The van der Waals surface area contributed by atoms with Crippen LogP contribution in [0.15, 0.2) is 12.2 Å². The van der Waals surface area contributed by atoms with E-state index in [4.69, 9.17) is 4.74 Å². The molecule has 5 atom stereocenters. The van der Waals surface area contributed by atoms with Gasteiger partial charge in [-0.2, -0.15) is 0 Å². The molecule has 5 rings (SSSR count). The second kappa shape index (κ2) is 1.95. The van der Waals surface area contributed by atoms with Crippen molar-refractivity contribution in [2.45, 2.75) is 44.1 Å². The van der Waals surface area contributed by atoms with Crippen LogP contribution in [0.25, 0.3) is 0 Å². The maximum Gasteiger partial charge on any atom is 0.0909 e. The normalized spacial score (nSPS) is 67.7. The summed E-state index contributed by atoms with van der Waals surface area (Å²) in [6.07, 6.45) is 13.7. The Morgan fingerprint density at radius 1 is 1.20 bits per heavy atom. The molecular weight excluding hydrogens is 184 g/mol. The maximum atomic E-state index is 6.38. The molecule has 4 aliphatic carbocycles. The Kier molecular flexibility index (Phi) is 1.02. The Morgan fingerprint density at radius 2 is 2.13 bits per heavy atom. The third kappa shape index (κ3) is 0.493. The van der Waals surface area contributed by atoms with E-state index in [0.29, 0.717) is 16.4 Å². The SMILES string of the molecule is C1=CC23CCCCC24CC2CCOC34C12. The molecule has 5 unspecified atom stereocenters. The highest BCUT2D eigenvalue weighted by atomic mass is 16.5. The van der Waals surface area contributed by atoms with Crippen LogP contribution in [0.3, 0.4) is 0 Å². The number of hydrogen-bond acceptors (Lipinski definition) is 1. The van der Waals surface area contributed by atoms with Crippen molar-refractivity contribution in [1.82, 2.24) is 0 Å². The molecule has 0 aromatic heterocycles. The molecule has 1 heteroatoms. The molecule has 3 saturated carbocycles. The fourth-order valence-corrected chi connectivity index (χ4v) is 6.36. The lowest BCUT2D eigenvalue weighted by molar-refractivity contribution is -0.0588. The standard InChI is InChI=1S/C14H18O/c1-2-6-13-9-10-4-8-15-14(13)11(10)3-7-12(13,14)5-1/h3,7,10-11H,1-2,4-6,8-9H2. The molecule has 0 aromatic rings. The number of hydrogen-bond donors (Lipinski definition) is 0. The fraction of sp³-hybridized carbons (Fsp3) is 0.857. The van der Waals surface area contributed by atoms with Gasteiger partial charge in [-0.3, -0.25) is 0 Å². The van der Waals surface area contributed by atoms with Gasteiger partial charge in [0.05, 0.1) is 5.60 Å². The van der Waals surface area contributed by atoms with E-state index in [1.165, 1.54) is 38.5 Å². The molecule has 2 bridgehead atoms. The summed E-state index contributed by atoms with van der Waals surface area (Å²) in [5.41, 5.74) is 1.48. The molecule has 0 amide bonds. The van der Waals surface area contributed by atoms with Gasteiger partial charge in [0.2, 0.25) is 0 Å². The Morgan fingerprint density at radius 3 is 3.13 bits per heavy atom. The van der Waals surface area contributed by atoms with Gasteiger partial charge in [-0.25, -0.2) is 0 Å². The summed E-state index contributed by atoms with van der Waals surface area (Å²) < 4.78 is 6.38. The zero-order chi connectivity index (χ0) is 9.73. The van der Waals surface area contributed by atoms with E-state index in [9.17, 15) is 0 Å². The molecule has 0 N–H and O–H groups in total. The topological polar surface area (TPSA) is 9.23 Å². The Hall–Kier alpha value is -0.300. The molecule has 5 aliphatic rings. The maximum absolute atomic E-state index is 6.38. The molecule has 1 saturated heterocycles. The predicted octanol–water partition coefficient (Wildman–Crippen LogP) is 2.91. The summed E-state index contributed by atoms with van der Waals surface area (Å²) in [5.74, 6) is 1.79. The third-order valence-corrected chi connectivity index (χ3v) is 6.58. The average molecular weight is 202 g/mol. The van der Waals surface area contributed by atoms with Crippen LogP contribution in [-0.2, 0) is 4.74 Å². The minimum absolute atomic E-state index is 0.333. The van der Waals surface area contributed by atoms with E-state index in [2.05, 4.69) is 12.2 Å². The molecular formula is C14H18O. The van der Waals surface area contributed by atoms with Gasteiger partial charge in [0, 0.05) is 23.4 Å². The van der Waals surface area contributed by atoms with Gasteiger partial charge >= 0.3 is 0 Å². The monoisotopic (exact) mass is 202 g/mol. The summed E-state index contributed by atoms with van der Waals surface area (Å²) >= 11 is 0. The van der Waals surface area contributed by atoms with Gasteiger partial charge in [-0.05, 0) is 31.6 Å². The molecule has 1 heterocycles. The first kappa shape index (κ1) is 7.89. The molecule has 3 spiro atoms. The Labute approximate surface area is 90.9 Å². The minimum Gasteiger partial charge on any atom is -0.373 e. The molecule has 1 nitrogen and oxygen atoms in total. The van der Waals surface area contributed by atoms with Crippen molar-refractivity contribution in [3.05, 3.63) is 12.2 Å². The molecule has 1 aliphatic heterocycles. The molecule has 80 valence electrons. The summed E-state index contributed by atoms with van der Waals surface area (Å²) in [6.45, 7) is 1.05. The first-order chi connectivity index (χ1) is 7.36. The van der Waals surface area contributed by atoms with Crippen molar-refractivity contribution in [3.63, 3.8) is 0 Å². The quantitative estimate of drug-likeness (QED) is 0.549. The lowest BCUT2D eigenvalue weighted by atomic mass is 9.75. The Bertz CT molecular complexity index is 387. The first-order valence-corrected chi connectivity index (χ1v) is 6.70. The zero-order valence-corrected chi connectivity index (χ0v) is 9.17. The molecule has 4 fully saturated rings. The van der Waals surface area contributed by atoms with E-state index in [0.717, 1.165) is 18.4 Å². The summed E-state index contributed by atoms with van der Waals surface area (Å²) in [7, 11) is 0. The molecule has 15 heavy (non-hydrogen) atoms. The van der Waals surface area contributed by atoms with E-state index in [-0.39, 0.29) is 0 Å². The van der Waals surface area contributed by atoms with Crippen LogP contribution < -0.4 is 0 Å². The van der Waals surface area contributed by atoms with E-state index >= 15 is 0 Å². The van der Waals surface area contributed by atoms with Crippen molar-refractivity contribution in [3.8, 4) is 0 Å². The number of rotatable bonds is 0. The van der Waals surface area contributed by atoms with Gasteiger partial charge in [0.1, 0.15) is 0 Å². The van der Waals surface area contributed by atoms with E-state index in [1.807, 2.05) is 0 Å². The van der Waals surface area contributed by atoms with Crippen molar-refractivity contribution < 1.29 is 4.74 Å². The second-order valence-corrected chi connectivity index (χ2v) is 6.48. The van der Waals surface area contributed by atoms with Crippen LogP contribution in [0, 0.1) is 22.7 Å². The highest BCUT2D eigenvalue weighted by Gasteiger charge is 2.94. The van der Waals surface area contributed by atoms with Gasteiger partial charge in [-0.15, -0.1) is 0 Å². The van der Waals surface area contributed by atoms with E-state index < -0.39 is 0 Å². The lowest BCUT2D eigenvalue weighted by Crippen LogP contribution is -2.35. The molecule has 0 aromatic carbocycles. The third-order valence-electron chi connectivity index (χ3n) is 6.58. The van der Waals surface area contributed by atoms with Crippen LogP contribution in [0.2, 0.25) is 0 Å². The van der Waals surface area contributed by atoms with E-state index in [1.54, 1.807) is 0 Å².